The molecule has 0 aliphatic rings. The van der Waals surface area contributed by atoms with Gasteiger partial charge in [0.25, 0.3) is 0 Å². The predicted molar refractivity (Wildman–Crippen MR) is 106 cm³/mol. The van der Waals surface area contributed by atoms with Crippen molar-refractivity contribution in [1.29, 1.82) is 0 Å². The quantitative estimate of drug-likeness (QED) is 0.640. The van der Waals surface area contributed by atoms with Gasteiger partial charge in [-0.1, -0.05) is 78.7 Å². The Bertz CT molecular complexity index is 832. The van der Waals surface area contributed by atoms with Crippen LogP contribution in [0.1, 0.15) is 16.7 Å². The van der Waals surface area contributed by atoms with E-state index in [4.69, 9.17) is 17.3 Å². The second-order valence-corrected chi connectivity index (χ2v) is 5.77. The molecule has 0 aliphatic heterocycles. The highest BCUT2D eigenvalue weighted by atomic mass is 32.1. The van der Waals surface area contributed by atoms with Crippen LogP contribution in [0.3, 0.4) is 0 Å². The van der Waals surface area contributed by atoms with E-state index in [9.17, 15) is 4.79 Å². The van der Waals surface area contributed by atoms with Gasteiger partial charge in [0, 0.05) is 28.6 Å². The Morgan fingerprint density at radius 1 is 1.16 bits per heavy atom. The smallest absolute Gasteiger partial charge is 0.317 e. The summed E-state index contributed by atoms with van der Waals surface area (Å²) in [7, 11) is 1.77. The maximum Gasteiger partial charge on any atom is 0.317 e. The minimum atomic E-state index is -0.849. The lowest BCUT2D eigenvalue weighted by Crippen LogP contribution is -2.25. The summed E-state index contributed by atoms with van der Waals surface area (Å²) in [5, 5.41) is 10.5. The van der Waals surface area contributed by atoms with Crippen molar-refractivity contribution >= 4 is 29.1 Å². The summed E-state index contributed by atoms with van der Waals surface area (Å²) in [5.74, 6) is 5.53. The molecular weight excluding hydrogens is 330 g/mol. The number of rotatable bonds is 6. The van der Waals surface area contributed by atoms with E-state index in [1.165, 1.54) is 0 Å². The number of carboxylic acids is 1. The molecule has 0 unspecified atom stereocenters. The lowest BCUT2D eigenvalue weighted by Gasteiger charge is -2.11. The third-order valence-electron chi connectivity index (χ3n) is 3.52. The number of benzene rings is 2. The van der Waals surface area contributed by atoms with Crippen molar-refractivity contribution in [2.75, 3.05) is 20.1 Å². The first-order valence-electron chi connectivity index (χ1n) is 7.82. The van der Waals surface area contributed by atoms with E-state index >= 15 is 0 Å². The highest BCUT2D eigenvalue weighted by molar-refractivity contribution is 7.79. The van der Waals surface area contributed by atoms with Crippen LogP contribution in [0.2, 0.25) is 0 Å². The van der Waals surface area contributed by atoms with Crippen molar-refractivity contribution in [3.05, 3.63) is 77.4 Å². The molecule has 25 heavy (non-hydrogen) atoms. The van der Waals surface area contributed by atoms with Gasteiger partial charge in [0.15, 0.2) is 0 Å². The molecule has 0 aliphatic carbocycles. The Labute approximate surface area is 153 Å². The highest BCUT2D eigenvalue weighted by Gasteiger charge is 2.04. The number of thiocarbonyl (C=S) groups is 1. The van der Waals surface area contributed by atoms with Gasteiger partial charge in [-0.05, 0) is 18.7 Å². The van der Waals surface area contributed by atoms with Crippen LogP contribution >= 0.6 is 12.2 Å². The summed E-state index contributed by atoms with van der Waals surface area (Å²) >= 11 is 5.04. The lowest BCUT2D eigenvalue weighted by atomic mass is 10.0. The van der Waals surface area contributed by atoms with Gasteiger partial charge in [0.2, 0.25) is 0 Å². The molecule has 1 N–H and O–H groups in total. The topological polar surface area (TPSA) is 40.5 Å². The van der Waals surface area contributed by atoms with Gasteiger partial charge in [-0.2, -0.15) is 0 Å². The molecule has 0 bridgehead atoms. The molecule has 3 nitrogen and oxygen atoms in total. The average molecular weight is 349 g/mol. The SMILES string of the molecule is CN(CC=C(C#Cc1ccccc1C=S)c1ccccc1)CC(=O)O. The Hall–Kier alpha value is -2.74. The summed E-state index contributed by atoms with van der Waals surface area (Å²) in [6.45, 7) is 0.486. The zero-order valence-corrected chi connectivity index (χ0v) is 14.8. The van der Waals surface area contributed by atoms with Gasteiger partial charge in [-0.15, -0.1) is 0 Å². The summed E-state index contributed by atoms with van der Waals surface area (Å²) in [6.07, 6.45) is 1.95. The molecule has 126 valence electrons. The van der Waals surface area contributed by atoms with Crippen LogP contribution in [0, 0.1) is 11.8 Å². The van der Waals surface area contributed by atoms with Crippen molar-refractivity contribution in [3.63, 3.8) is 0 Å². The zero-order valence-electron chi connectivity index (χ0n) is 14.0. The van der Waals surface area contributed by atoms with Gasteiger partial charge in [-0.3, -0.25) is 9.69 Å². The number of likely N-dealkylation sites (N-methyl/N-ethyl adjacent to an activating group) is 1. The Balaban J connectivity index is 2.32. The van der Waals surface area contributed by atoms with E-state index in [0.717, 1.165) is 22.3 Å². The minimum absolute atomic E-state index is 0.0141. The third kappa shape index (κ3) is 6.00. The Morgan fingerprint density at radius 2 is 1.84 bits per heavy atom. The second kappa shape index (κ2) is 9.53. The van der Waals surface area contributed by atoms with Crippen LogP contribution in [0.15, 0.2) is 60.7 Å². The summed E-state index contributed by atoms with van der Waals surface area (Å²) < 4.78 is 0. The molecule has 0 atom stereocenters. The fourth-order valence-electron chi connectivity index (χ4n) is 2.25. The number of hydrogen-bond donors (Lipinski definition) is 1. The number of carbonyl (C=O) groups is 1. The predicted octanol–water partition coefficient (Wildman–Crippen LogP) is 3.49. The van der Waals surface area contributed by atoms with Gasteiger partial charge in [0.1, 0.15) is 0 Å². The van der Waals surface area contributed by atoms with Crippen LogP contribution in [0.25, 0.3) is 5.57 Å². The summed E-state index contributed by atoms with van der Waals surface area (Å²) in [6, 6.07) is 17.6. The molecule has 0 heterocycles. The van der Waals surface area contributed by atoms with Crippen LogP contribution in [-0.4, -0.2) is 41.5 Å². The molecule has 0 aromatic heterocycles. The first-order valence-corrected chi connectivity index (χ1v) is 8.29. The van der Waals surface area contributed by atoms with Gasteiger partial charge in [-0.25, -0.2) is 0 Å². The van der Waals surface area contributed by atoms with Crippen molar-refractivity contribution in [3.8, 4) is 11.8 Å². The monoisotopic (exact) mass is 349 g/mol. The van der Waals surface area contributed by atoms with Gasteiger partial charge >= 0.3 is 5.97 Å². The second-order valence-electron chi connectivity index (χ2n) is 5.53. The zero-order chi connectivity index (χ0) is 18.1. The van der Waals surface area contributed by atoms with Crippen LogP contribution in [0.4, 0.5) is 0 Å². The van der Waals surface area contributed by atoms with E-state index in [0.29, 0.717) is 6.54 Å². The number of aliphatic carboxylic acids is 1. The van der Waals surface area contributed by atoms with Crippen molar-refractivity contribution in [2.24, 2.45) is 0 Å². The van der Waals surface area contributed by atoms with Crippen molar-refractivity contribution in [2.45, 2.75) is 0 Å². The molecule has 2 rings (SSSR count). The summed E-state index contributed by atoms with van der Waals surface area (Å²) in [4.78, 5) is 12.5. The van der Waals surface area contributed by atoms with E-state index in [1.54, 1.807) is 17.3 Å². The highest BCUT2D eigenvalue weighted by Crippen LogP contribution is 2.14. The number of carboxylic acid groups (broad SMARTS) is 1. The van der Waals surface area contributed by atoms with Crippen LogP contribution in [0.5, 0.6) is 0 Å². The molecule has 0 fully saturated rings. The molecule has 2 aromatic rings. The maximum atomic E-state index is 10.8. The molecule has 2 aromatic carbocycles. The number of nitrogens with zero attached hydrogens (tertiary/aromatic N) is 1. The number of hydrogen-bond acceptors (Lipinski definition) is 3. The van der Waals surface area contributed by atoms with Gasteiger partial charge in [0.05, 0.1) is 6.54 Å². The molecule has 4 heteroatoms. The first kappa shape index (κ1) is 18.6. The van der Waals surface area contributed by atoms with E-state index < -0.39 is 5.97 Å². The van der Waals surface area contributed by atoms with Crippen molar-refractivity contribution < 1.29 is 9.90 Å². The third-order valence-corrected chi connectivity index (χ3v) is 3.77. The van der Waals surface area contributed by atoms with Crippen molar-refractivity contribution in [1.82, 2.24) is 4.90 Å². The molecular formula is C21H19NO2S. The van der Waals surface area contributed by atoms with E-state index in [2.05, 4.69) is 11.8 Å². The molecule has 0 spiro atoms. The standard InChI is InChI=1S/C21H19NO2S/c1-22(15-21(23)24)14-13-19(17-7-3-2-4-8-17)12-11-18-9-5-6-10-20(18)16-25/h2-10,13,16H,14-15H2,1H3,(H,23,24). The van der Waals surface area contributed by atoms with E-state index in [1.807, 2.05) is 60.7 Å². The molecule has 0 radical (unpaired) electrons. The maximum absolute atomic E-state index is 10.8. The summed E-state index contributed by atoms with van der Waals surface area (Å²) in [5.41, 5.74) is 3.65. The number of allylic oxidation sites excluding steroid dienone is 1. The fraction of sp³-hybridized carbons (Fsp3) is 0.143. The minimum Gasteiger partial charge on any atom is -0.480 e. The first-order chi connectivity index (χ1) is 12.1. The normalized spacial score (nSPS) is 10.9. The average Bonchev–Trinajstić information content (AvgIpc) is 2.62. The Morgan fingerprint density at radius 3 is 2.52 bits per heavy atom. The molecule has 0 saturated carbocycles. The van der Waals surface area contributed by atoms with Crippen LogP contribution in [-0.2, 0) is 4.79 Å². The van der Waals surface area contributed by atoms with E-state index in [-0.39, 0.29) is 6.54 Å². The largest absolute Gasteiger partial charge is 0.480 e. The lowest BCUT2D eigenvalue weighted by molar-refractivity contribution is -0.137. The molecule has 0 saturated heterocycles. The molecule has 0 amide bonds. The van der Waals surface area contributed by atoms with Crippen LogP contribution < -0.4 is 0 Å². The van der Waals surface area contributed by atoms with Gasteiger partial charge < -0.3 is 5.11 Å². The fourth-order valence-corrected chi connectivity index (χ4v) is 2.46. The Kier molecular flexibility index (Phi) is 7.09.